The summed E-state index contributed by atoms with van der Waals surface area (Å²) in [6, 6.07) is 5.94. The van der Waals surface area contributed by atoms with Crippen LogP contribution in [-0.2, 0) is 18.0 Å². The zero-order valence-electron chi connectivity index (χ0n) is 18.6. The third kappa shape index (κ3) is 6.57. The van der Waals surface area contributed by atoms with E-state index in [2.05, 4.69) is 24.6 Å². The molecule has 3 rings (SSSR count). The number of anilines is 1. The molecule has 7 nitrogen and oxygen atoms in total. The van der Waals surface area contributed by atoms with Gasteiger partial charge in [-0.3, -0.25) is 4.79 Å². The van der Waals surface area contributed by atoms with E-state index < -0.39 is 32.2 Å². The van der Waals surface area contributed by atoms with Gasteiger partial charge in [0.05, 0.1) is 17.7 Å². The van der Waals surface area contributed by atoms with Crippen LogP contribution in [-0.4, -0.2) is 41.6 Å². The van der Waals surface area contributed by atoms with Crippen LogP contribution in [0.2, 0.25) is 25.7 Å². The predicted octanol–water partition coefficient (Wildman–Crippen LogP) is 4.22. The van der Waals surface area contributed by atoms with Crippen molar-refractivity contribution in [2.75, 3.05) is 18.9 Å². The monoisotopic (exact) mass is 486 g/mol. The molecule has 0 saturated carbocycles. The lowest BCUT2D eigenvalue weighted by Crippen LogP contribution is -2.24. The molecule has 0 fully saturated rings. The summed E-state index contributed by atoms with van der Waals surface area (Å²) in [6.45, 7) is 5.39. The fraction of sp³-hybridized carbons (Fsp3) is 0.429. The topological polar surface area (TPSA) is 84.3 Å². The van der Waals surface area contributed by atoms with E-state index in [0.717, 1.165) is 18.2 Å². The van der Waals surface area contributed by atoms with Crippen molar-refractivity contribution in [3.8, 4) is 5.75 Å². The third-order valence-electron chi connectivity index (χ3n) is 4.83. The number of hydrogen-bond donors (Lipinski definition) is 1. The van der Waals surface area contributed by atoms with Crippen LogP contribution in [0.3, 0.4) is 0 Å². The second-order valence-corrected chi connectivity index (χ2v) is 14.5. The average Bonchev–Trinajstić information content (AvgIpc) is 3.02. The molecule has 0 atom stereocenters. The Hall–Kier alpha value is -2.86. The van der Waals surface area contributed by atoms with Gasteiger partial charge in [-0.2, -0.15) is 13.2 Å². The molecule has 0 saturated heterocycles. The van der Waals surface area contributed by atoms with Gasteiger partial charge in [0.15, 0.2) is 12.4 Å². The molecule has 0 aliphatic carbocycles. The second-order valence-electron chi connectivity index (χ2n) is 8.88. The summed E-state index contributed by atoms with van der Waals surface area (Å²) < 4.78 is 65.8. The van der Waals surface area contributed by atoms with Gasteiger partial charge in [0, 0.05) is 33.0 Å². The Morgan fingerprint density at radius 1 is 1.21 bits per heavy atom. The summed E-state index contributed by atoms with van der Waals surface area (Å²) in [5.41, 5.74) is 5.52. The van der Waals surface area contributed by atoms with Crippen LogP contribution in [0.5, 0.6) is 5.75 Å². The Balaban J connectivity index is 2.02. The SMILES string of the molecule is C[Si](C)(C)CCOCn1c(Cn2cccc(N)c2=O)nc2c(OCC(F)(F)F)cc(F)cc21. The number of alkyl halides is 3. The number of nitrogen functional groups attached to an aromatic ring is 1. The molecule has 12 heteroatoms. The number of nitrogens with two attached hydrogens (primary N) is 1. The Kier molecular flexibility index (Phi) is 7.17. The van der Waals surface area contributed by atoms with Gasteiger partial charge in [-0.25, -0.2) is 9.37 Å². The molecule has 0 amide bonds. The van der Waals surface area contributed by atoms with E-state index in [-0.39, 0.29) is 41.6 Å². The van der Waals surface area contributed by atoms with Crippen molar-refractivity contribution >= 4 is 24.8 Å². The van der Waals surface area contributed by atoms with Crippen LogP contribution in [0.25, 0.3) is 11.0 Å². The lowest BCUT2D eigenvalue weighted by Gasteiger charge is -2.16. The molecule has 0 aliphatic rings. The van der Waals surface area contributed by atoms with Crippen LogP contribution in [0.4, 0.5) is 23.2 Å². The number of pyridine rings is 1. The fourth-order valence-corrected chi connectivity index (χ4v) is 3.86. The van der Waals surface area contributed by atoms with Gasteiger partial charge in [-0.1, -0.05) is 19.6 Å². The van der Waals surface area contributed by atoms with E-state index in [0.29, 0.717) is 6.61 Å². The maximum Gasteiger partial charge on any atom is 0.422 e. The number of fused-ring (bicyclic) bond motifs is 1. The number of hydrogen-bond acceptors (Lipinski definition) is 5. The van der Waals surface area contributed by atoms with Crippen LogP contribution >= 0.6 is 0 Å². The zero-order chi connectivity index (χ0) is 24.4. The largest absolute Gasteiger partial charge is 0.482 e. The summed E-state index contributed by atoms with van der Waals surface area (Å²) >= 11 is 0. The maximum atomic E-state index is 14.3. The molecule has 33 heavy (non-hydrogen) atoms. The minimum atomic E-state index is -4.60. The highest BCUT2D eigenvalue weighted by Gasteiger charge is 2.29. The molecule has 3 aromatic rings. The Labute approximate surface area is 188 Å². The molecule has 2 heterocycles. The molecular formula is C21H26F4N4O3Si. The van der Waals surface area contributed by atoms with Crippen LogP contribution < -0.4 is 16.0 Å². The smallest absolute Gasteiger partial charge is 0.422 e. The zero-order valence-corrected chi connectivity index (χ0v) is 19.6. The van der Waals surface area contributed by atoms with Crippen LogP contribution in [0.15, 0.2) is 35.3 Å². The number of nitrogens with zero attached hydrogens (tertiary/aromatic N) is 3. The first-order chi connectivity index (χ1) is 15.3. The van der Waals surface area contributed by atoms with E-state index in [1.165, 1.54) is 21.4 Å². The summed E-state index contributed by atoms with van der Waals surface area (Å²) in [6.07, 6.45) is -3.09. The third-order valence-corrected chi connectivity index (χ3v) is 6.54. The molecule has 0 bridgehead atoms. The minimum absolute atomic E-state index is 0.0183. The van der Waals surface area contributed by atoms with Crippen molar-refractivity contribution in [2.45, 2.75) is 45.1 Å². The Bertz CT molecular complexity index is 1190. The van der Waals surface area contributed by atoms with Gasteiger partial charge in [-0.15, -0.1) is 0 Å². The molecule has 0 radical (unpaired) electrons. The molecule has 1 aromatic carbocycles. The van der Waals surface area contributed by atoms with E-state index >= 15 is 0 Å². The number of ether oxygens (including phenoxy) is 2. The highest BCUT2D eigenvalue weighted by molar-refractivity contribution is 6.76. The standard InChI is InChI=1S/C21H26F4N4O3Si/c1-33(2,3)8-7-31-13-29-16-9-14(22)10-17(32-12-21(23,24)25)19(16)27-18(29)11-28-6-4-5-15(26)20(28)30/h4-6,9-10H,7-8,11-13,26H2,1-3H3. The van der Waals surface area contributed by atoms with Crippen molar-refractivity contribution in [1.29, 1.82) is 0 Å². The fourth-order valence-electron chi connectivity index (χ4n) is 3.11. The predicted molar refractivity (Wildman–Crippen MR) is 120 cm³/mol. The van der Waals surface area contributed by atoms with Gasteiger partial charge < -0.3 is 24.3 Å². The van der Waals surface area contributed by atoms with E-state index in [9.17, 15) is 22.4 Å². The lowest BCUT2D eigenvalue weighted by atomic mass is 10.3. The van der Waals surface area contributed by atoms with Crippen molar-refractivity contribution in [3.05, 3.63) is 52.5 Å². The summed E-state index contributed by atoms with van der Waals surface area (Å²) in [5, 5.41) is 0. The number of rotatable bonds is 9. The second kappa shape index (κ2) is 9.55. The first-order valence-corrected chi connectivity index (χ1v) is 14.0. The quantitative estimate of drug-likeness (QED) is 0.278. The molecule has 0 aliphatic heterocycles. The van der Waals surface area contributed by atoms with E-state index in [1.54, 1.807) is 6.07 Å². The molecular weight excluding hydrogens is 460 g/mol. The number of aromatic nitrogens is 3. The normalized spacial score (nSPS) is 12.5. The first-order valence-electron chi connectivity index (χ1n) is 10.2. The van der Waals surface area contributed by atoms with Crippen molar-refractivity contribution in [1.82, 2.24) is 14.1 Å². The van der Waals surface area contributed by atoms with Gasteiger partial charge >= 0.3 is 6.18 Å². The summed E-state index contributed by atoms with van der Waals surface area (Å²) in [7, 11) is -1.36. The van der Waals surface area contributed by atoms with Gasteiger partial charge in [0.25, 0.3) is 5.56 Å². The molecule has 0 unspecified atom stereocenters. The number of imidazole rings is 1. The Morgan fingerprint density at radius 2 is 1.94 bits per heavy atom. The maximum absolute atomic E-state index is 14.3. The molecule has 2 N–H and O–H groups in total. The van der Waals surface area contributed by atoms with Crippen LogP contribution in [0.1, 0.15) is 5.82 Å². The summed E-state index contributed by atoms with van der Waals surface area (Å²) in [5.74, 6) is -0.840. The van der Waals surface area contributed by atoms with Gasteiger partial charge in [-0.05, 0) is 18.2 Å². The molecule has 0 spiro atoms. The first kappa shape index (κ1) is 24.8. The highest BCUT2D eigenvalue weighted by atomic mass is 28.3. The van der Waals surface area contributed by atoms with Crippen molar-refractivity contribution in [3.63, 3.8) is 0 Å². The van der Waals surface area contributed by atoms with Gasteiger partial charge in [0.2, 0.25) is 0 Å². The minimum Gasteiger partial charge on any atom is -0.482 e. The van der Waals surface area contributed by atoms with Crippen molar-refractivity contribution < 1.29 is 27.0 Å². The van der Waals surface area contributed by atoms with Crippen LogP contribution in [0, 0.1) is 5.82 Å². The van der Waals surface area contributed by atoms with Crippen molar-refractivity contribution in [2.24, 2.45) is 0 Å². The summed E-state index contributed by atoms with van der Waals surface area (Å²) in [4.78, 5) is 16.7. The number of benzene rings is 1. The van der Waals surface area contributed by atoms with E-state index in [4.69, 9.17) is 15.2 Å². The number of halogens is 4. The lowest BCUT2D eigenvalue weighted by molar-refractivity contribution is -0.153. The highest BCUT2D eigenvalue weighted by Crippen LogP contribution is 2.30. The Morgan fingerprint density at radius 3 is 2.61 bits per heavy atom. The van der Waals surface area contributed by atoms with Gasteiger partial charge in [0.1, 0.15) is 23.9 Å². The molecule has 2 aromatic heterocycles. The molecule has 180 valence electrons. The van der Waals surface area contributed by atoms with E-state index in [1.807, 2.05) is 0 Å². The average molecular weight is 487 g/mol.